The van der Waals surface area contributed by atoms with Crippen molar-refractivity contribution in [2.45, 2.75) is 26.3 Å². The number of hydrogen-bond acceptors (Lipinski definition) is 4. The van der Waals surface area contributed by atoms with Crippen molar-refractivity contribution in [1.82, 2.24) is 5.32 Å². The number of rotatable bonds is 4. The van der Waals surface area contributed by atoms with Gasteiger partial charge in [-0.1, -0.05) is 13.8 Å². The average Bonchev–Trinajstić information content (AvgIpc) is 2.18. The van der Waals surface area contributed by atoms with E-state index in [0.29, 0.717) is 12.5 Å². The second-order valence-electron chi connectivity index (χ2n) is 3.93. The first-order chi connectivity index (χ1) is 6.70. The van der Waals surface area contributed by atoms with Crippen molar-refractivity contribution in [1.29, 1.82) is 0 Å². The molecule has 1 rings (SSSR count). The number of carbonyl (C=O) groups is 1. The van der Waals surface area contributed by atoms with Gasteiger partial charge in [-0.25, -0.2) is 0 Å². The van der Waals surface area contributed by atoms with Crippen LogP contribution < -0.4 is 5.32 Å². The highest BCUT2D eigenvalue weighted by molar-refractivity contribution is 7.99. The fraction of sp³-hybridized carbons (Fsp3) is 0.900. The maximum absolute atomic E-state index is 11.5. The lowest BCUT2D eigenvalue weighted by molar-refractivity contribution is -0.145. The lowest BCUT2D eigenvalue weighted by Gasteiger charge is -2.21. The molecule has 0 aromatic heterocycles. The minimum Gasteiger partial charge on any atom is -0.464 e. The van der Waals surface area contributed by atoms with E-state index in [9.17, 15) is 4.79 Å². The van der Waals surface area contributed by atoms with E-state index in [1.807, 2.05) is 11.8 Å². The summed E-state index contributed by atoms with van der Waals surface area (Å²) in [6.45, 7) is 5.72. The van der Waals surface area contributed by atoms with Gasteiger partial charge in [0, 0.05) is 18.1 Å². The predicted molar refractivity (Wildman–Crippen MR) is 59.5 cm³/mol. The Morgan fingerprint density at radius 2 is 2.43 bits per heavy atom. The van der Waals surface area contributed by atoms with Gasteiger partial charge in [0.25, 0.3) is 0 Å². The smallest absolute Gasteiger partial charge is 0.323 e. The predicted octanol–water partition coefficient (Wildman–Crippen LogP) is 1.28. The molecule has 1 aliphatic rings. The van der Waals surface area contributed by atoms with E-state index in [0.717, 1.165) is 24.5 Å². The lowest BCUT2D eigenvalue weighted by Crippen LogP contribution is -2.44. The van der Waals surface area contributed by atoms with E-state index in [1.54, 1.807) is 0 Å². The summed E-state index contributed by atoms with van der Waals surface area (Å²) < 4.78 is 5.18. The summed E-state index contributed by atoms with van der Waals surface area (Å²) in [5.41, 5.74) is 0. The highest BCUT2D eigenvalue weighted by atomic mass is 32.2. The Kier molecular flexibility index (Phi) is 5.33. The molecule has 0 spiro atoms. The highest BCUT2D eigenvalue weighted by Crippen LogP contribution is 2.09. The van der Waals surface area contributed by atoms with Crippen LogP contribution in [-0.4, -0.2) is 36.7 Å². The van der Waals surface area contributed by atoms with Crippen LogP contribution in [0.3, 0.4) is 0 Å². The third-order valence-electron chi connectivity index (χ3n) is 2.15. The number of thioether (sulfide) groups is 1. The molecule has 14 heavy (non-hydrogen) atoms. The number of esters is 1. The molecule has 1 unspecified atom stereocenters. The van der Waals surface area contributed by atoms with Crippen molar-refractivity contribution in [3.8, 4) is 0 Å². The molecule has 3 nitrogen and oxygen atoms in total. The molecule has 1 N–H and O–H groups in total. The van der Waals surface area contributed by atoms with Crippen LogP contribution in [0.4, 0.5) is 0 Å². The van der Waals surface area contributed by atoms with Crippen molar-refractivity contribution in [2.75, 3.05) is 24.7 Å². The SMILES string of the molecule is CC(C)CCOC(=O)C1CSCCN1. The topological polar surface area (TPSA) is 38.3 Å². The summed E-state index contributed by atoms with van der Waals surface area (Å²) in [7, 11) is 0. The zero-order chi connectivity index (χ0) is 10.4. The van der Waals surface area contributed by atoms with Gasteiger partial charge in [-0.2, -0.15) is 11.8 Å². The van der Waals surface area contributed by atoms with Crippen molar-refractivity contribution < 1.29 is 9.53 Å². The van der Waals surface area contributed by atoms with E-state index in [-0.39, 0.29) is 12.0 Å². The summed E-state index contributed by atoms with van der Waals surface area (Å²) in [6.07, 6.45) is 0.950. The maximum atomic E-state index is 11.5. The first-order valence-corrected chi connectivity index (χ1v) is 6.33. The standard InChI is InChI=1S/C10H19NO2S/c1-8(2)3-5-13-10(12)9-7-14-6-4-11-9/h8-9,11H,3-7H2,1-2H3. The van der Waals surface area contributed by atoms with Gasteiger partial charge in [-0.3, -0.25) is 4.79 Å². The summed E-state index contributed by atoms with van der Waals surface area (Å²) in [4.78, 5) is 11.5. The molecule has 0 aromatic rings. The first kappa shape index (κ1) is 11.9. The van der Waals surface area contributed by atoms with Crippen molar-refractivity contribution in [3.05, 3.63) is 0 Å². The van der Waals surface area contributed by atoms with E-state index in [2.05, 4.69) is 19.2 Å². The van der Waals surface area contributed by atoms with E-state index in [1.165, 1.54) is 0 Å². The number of carbonyl (C=O) groups excluding carboxylic acids is 1. The molecule has 1 heterocycles. The zero-order valence-electron chi connectivity index (χ0n) is 8.91. The van der Waals surface area contributed by atoms with E-state index >= 15 is 0 Å². The Labute approximate surface area is 90.0 Å². The van der Waals surface area contributed by atoms with E-state index < -0.39 is 0 Å². The van der Waals surface area contributed by atoms with Gasteiger partial charge in [-0.15, -0.1) is 0 Å². The molecule has 1 atom stereocenters. The Balaban J connectivity index is 2.13. The minimum atomic E-state index is -0.0853. The normalized spacial score (nSPS) is 22.4. The summed E-state index contributed by atoms with van der Waals surface area (Å²) >= 11 is 1.81. The first-order valence-electron chi connectivity index (χ1n) is 5.18. The molecule has 4 heteroatoms. The molecule has 0 amide bonds. The molecule has 0 bridgehead atoms. The van der Waals surface area contributed by atoms with Gasteiger partial charge in [0.05, 0.1) is 6.61 Å². The highest BCUT2D eigenvalue weighted by Gasteiger charge is 2.21. The van der Waals surface area contributed by atoms with Gasteiger partial charge >= 0.3 is 5.97 Å². The van der Waals surface area contributed by atoms with Gasteiger partial charge in [-0.05, 0) is 12.3 Å². The third kappa shape index (κ3) is 4.33. The Bertz CT molecular complexity index is 179. The van der Waals surface area contributed by atoms with Gasteiger partial charge in [0.15, 0.2) is 0 Å². The number of ether oxygens (including phenoxy) is 1. The van der Waals surface area contributed by atoms with Crippen LogP contribution in [0.25, 0.3) is 0 Å². The molecule has 0 aliphatic carbocycles. The molecule has 1 aliphatic heterocycles. The molecule has 0 radical (unpaired) electrons. The molecular formula is C10H19NO2S. The van der Waals surface area contributed by atoms with Crippen LogP contribution in [0.2, 0.25) is 0 Å². The Morgan fingerprint density at radius 1 is 1.64 bits per heavy atom. The second kappa shape index (κ2) is 6.30. The molecule has 0 aromatic carbocycles. The molecule has 82 valence electrons. The van der Waals surface area contributed by atoms with Crippen LogP contribution in [0.1, 0.15) is 20.3 Å². The summed E-state index contributed by atoms with van der Waals surface area (Å²) in [5.74, 6) is 2.45. The maximum Gasteiger partial charge on any atom is 0.323 e. The third-order valence-corrected chi connectivity index (χ3v) is 3.21. The van der Waals surface area contributed by atoms with E-state index in [4.69, 9.17) is 4.74 Å². The molecule has 1 saturated heterocycles. The lowest BCUT2D eigenvalue weighted by atomic mass is 10.1. The average molecular weight is 217 g/mol. The van der Waals surface area contributed by atoms with Crippen LogP contribution in [0.5, 0.6) is 0 Å². The van der Waals surface area contributed by atoms with Gasteiger partial charge < -0.3 is 10.1 Å². The second-order valence-corrected chi connectivity index (χ2v) is 5.08. The molecule has 1 fully saturated rings. The van der Waals surface area contributed by atoms with Crippen molar-refractivity contribution in [3.63, 3.8) is 0 Å². The van der Waals surface area contributed by atoms with Crippen LogP contribution in [0, 0.1) is 5.92 Å². The molecule has 0 saturated carbocycles. The largest absolute Gasteiger partial charge is 0.464 e. The fourth-order valence-electron chi connectivity index (χ4n) is 1.21. The zero-order valence-corrected chi connectivity index (χ0v) is 9.73. The quantitative estimate of drug-likeness (QED) is 0.720. The Hall–Kier alpha value is -0.220. The number of hydrogen-bond donors (Lipinski definition) is 1. The van der Waals surface area contributed by atoms with Crippen LogP contribution >= 0.6 is 11.8 Å². The van der Waals surface area contributed by atoms with Crippen LogP contribution in [0.15, 0.2) is 0 Å². The van der Waals surface area contributed by atoms with Crippen molar-refractivity contribution in [2.24, 2.45) is 5.92 Å². The fourth-order valence-corrected chi connectivity index (χ4v) is 2.13. The Morgan fingerprint density at radius 3 is 3.00 bits per heavy atom. The molecular weight excluding hydrogens is 198 g/mol. The summed E-state index contributed by atoms with van der Waals surface area (Å²) in [6, 6.07) is -0.0825. The van der Waals surface area contributed by atoms with Crippen molar-refractivity contribution >= 4 is 17.7 Å². The van der Waals surface area contributed by atoms with Crippen LogP contribution in [-0.2, 0) is 9.53 Å². The monoisotopic (exact) mass is 217 g/mol. The van der Waals surface area contributed by atoms with Gasteiger partial charge in [0.2, 0.25) is 0 Å². The minimum absolute atomic E-state index is 0.0825. The number of nitrogens with one attached hydrogen (secondary N) is 1. The van der Waals surface area contributed by atoms with Gasteiger partial charge in [0.1, 0.15) is 6.04 Å². The summed E-state index contributed by atoms with van der Waals surface area (Å²) in [5, 5.41) is 3.16.